The molecule has 4 heteroatoms. The molecule has 35 heavy (non-hydrogen) atoms. The largest absolute Gasteiger partial charge is 0.368 e. The maximum absolute atomic E-state index is 14.9. The smallest absolute Gasteiger partial charge is 0.166 e. The van der Waals surface area contributed by atoms with Gasteiger partial charge in [-0.25, -0.2) is 13.2 Å². The zero-order valence-electron chi connectivity index (χ0n) is 19.4. The average Bonchev–Trinajstić information content (AvgIpc) is 3.72. The van der Waals surface area contributed by atoms with E-state index in [0.29, 0.717) is 36.1 Å². The van der Waals surface area contributed by atoms with Gasteiger partial charge in [0.05, 0.1) is 6.61 Å². The Morgan fingerprint density at radius 1 is 0.771 bits per heavy atom. The Morgan fingerprint density at radius 2 is 1.43 bits per heavy atom. The molecule has 1 saturated heterocycles. The Hall–Kier alpha value is -3.63. The fraction of sp³-hybridized carbons (Fsp3) is 0.161. The zero-order chi connectivity index (χ0) is 24.4. The van der Waals surface area contributed by atoms with E-state index < -0.39 is 11.6 Å². The van der Waals surface area contributed by atoms with Crippen LogP contribution in [0.5, 0.6) is 0 Å². The minimum atomic E-state index is -0.827. The summed E-state index contributed by atoms with van der Waals surface area (Å²) >= 11 is 0. The molecule has 0 saturated carbocycles. The Balaban J connectivity index is 1.27. The van der Waals surface area contributed by atoms with Crippen molar-refractivity contribution in [2.75, 3.05) is 6.61 Å². The third-order valence-electron chi connectivity index (χ3n) is 6.39. The number of aryl methyl sites for hydroxylation is 2. The summed E-state index contributed by atoms with van der Waals surface area (Å²) in [7, 11) is 0. The first-order chi connectivity index (χ1) is 17.0. The van der Waals surface area contributed by atoms with Gasteiger partial charge < -0.3 is 4.74 Å². The van der Waals surface area contributed by atoms with E-state index in [-0.39, 0.29) is 17.5 Å². The number of allylic oxidation sites excluding steroid dienone is 1. The Bertz CT molecular complexity index is 1370. The fourth-order valence-electron chi connectivity index (χ4n) is 4.31. The van der Waals surface area contributed by atoms with Crippen molar-refractivity contribution in [3.63, 3.8) is 0 Å². The Labute approximate surface area is 203 Å². The molecule has 1 nitrogen and oxygen atoms in total. The van der Waals surface area contributed by atoms with Crippen molar-refractivity contribution in [2.45, 2.75) is 25.9 Å². The molecule has 1 heterocycles. The molecule has 0 spiro atoms. The molecule has 1 fully saturated rings. The Kier molecular flexibility index (Phi) is 6.56. The summed E-state index contributed by atoms with van der Waals surface area (Å²) in [5.74, 6) is -1.91. The van der Waals surface area contributed by atoms with E-state index in [2.05, 4.69) is 0 Å². The molecular formula is C31H25F3O. The van der Waals surface area contributed by atoms with Crippen LogP contribution < -0.4 is 0 Å². The number of benzene rings is 4. The highest BCUT2D eigenvalue weighted by atomic mass is 19.2. The van der Waals surface area contributed by atoms with E-state index in [9.17, 15) is 13.2 Å². The van der Waals surface area contributed by atoms with Crippen LogP contribution in [-0.4, -0.2) is 6.61 Å². The molecule has 1 aliphatic heterocycles. The van der Waals surface area contributed by atoms with Crippen LogP contribution in [0.4, 0.5) is 13.2 Å². The van der Waals surface area contributed by atoms with Crippen molar-refractivity contribution in [2.24, 2.45) is 0 Å². The SMILES string of the molecule is C/C=C/c1ccc(-c2ccc(CCc3ccc(-c4ccc(C5CO5)cc4F)cc3)c(F)c2F)cc1. The molecule has 0 aromatic heterocycles. The first kappa shape index (κ1) is 23.1. The molecule has 1 atom stereocenters. The quantitative estimate of drug-likeness (QED) is 0.247. The summed E-state index contributed by atoms with van der Waals surface area (Å²) in [6.45, 7) is 2.57. The maximum Gasteiger partial charge on any atom is 0.166 e. The van der Waals surface area contributed by atoms with Gasteiger partial charge in [0, 0.05) is 11.1 Å². The molecule has 1 unspecified atom stereocenters. The molecule has 4 aromatic carbocycles. The fourth-order valence-corrected chi connectivity index (χ4v) is 4.31. The van der Waals surface area contributed by atoms with Gasteiger partial charge in [-0.05, 0) is 59.2 Å². The highest BCUT2D eigenvalue weighted by Crippen LogP contribution is 2.33. The highest BCUT2D eigenvalue weighted by molar-refractivity contribution is 5.67. The monoisotopic (exact) mass is 470 g/mol. The van der Waals surface area contributed by atoms with Gasteiger partial charge in [0.1, 0.15) is 11.9 Å². The van der Waals surface area contributed by atoms with Crippen LogP contribution >= 0.6 is 0 Å². The highest BCUT2D eigenvalue weighted by Gasteiger charge is 2.25. The summed E-state index contributed by atoms with van der Waals surface area (Å²) in [4.78, 5) is 0. The number of epoxide rings is 1. The molecule has 5 rings (SSSR count). The first-order valence-corrected chi connectivity index (χ1v) is 11.7. The van der Waals surface area contributed by atoms with Crippen LogP contribution in [0.3, 0.4) is 0 Å². The van der Waals surface area contributed by atoms with E-state index in [1.54, 1.807) is 30.3 Å². The van der Waals surface area contributed by atoms with Gasteiger partial charge in [0.15, 0.2) is 11.6 Å². The lowest BCUT2D eigenvalue weighted by molar-refractivity contribution is 0.415. The minimum absolute atomic E-state index is 0.0176. The van der Waals surface area contributed by atoms with E-state index in [1.807, 2.05) is 61.5 Å². The molecule has 0 amide bonds. The average molecular weight is 471 g/mol. The van der Waals surface area contributed by atoms with Crippen molar-refractivity contribution >= 4 is 6.08 Å². The van der Waals surface area contributed by atoms with E-state index in [4.69, 9.17) is 4.74 Å². The summed E-state index contributed by atoms with van der Waals surface area (Å²) < 4.78 is 49.5. The standard InChI is InChI=1S/C31H25F3O/c1-2-3-20-4-11-23(12-5-20)27-17-14-24(30(33)31(27)34)13-8-21-6-9-22(10-7-21)26-16-15-25(18-28(26)32)29-19-35-29/h2-7,9-12,14-18,29H,8,13,19H2,1H3/b3-2+. The molecule has 0 aliphatic carbocycles. The van der Waals surface area contributed by atoms with E-state index in [1.165, 1.54) is 6.07 Å². The summed E-state index contributed by atoms with van der Waals surface area (Å²) in [6, 6.07) is 23.4. The molecule has 4 aromatic rings. The summed E-state index contributed by atoms with van der Waals surface area (Å²) in [5.41, 5.74) is 5.37. The Morgan fingerprint density at radius 3 is 2.09 bits per heavy atom. The van der Waals surface area contributed by atoms with Crippen LogP contribution in [0.15, 0.2) is 84.9 Å². The van der Waals surface area contributed by atoms with Crippen molar-refractivity contribution in [1.29, 1.82) is 0 Å². The lowest BCUT2D eigenvalue weighted by atomic mass is 9.97. The van der Waals surface area contributed by atoms with E-state index >= 15 is 0 Å². The molecular weight excluding hydrogens is 445 g/mol. The van der Waals surface area contributed by atoms with Crippen molar-refractivity contribution in [1.82, 2.24) is 0 Å². The van der Waals surface area contributed by atoms with Crippen molar-refractivity contribution in [3.05, 3.63) is 125 Å². The second-order valence-electron chi connectivity index (χ2n) is 8.78. The predicted molar refractivity (Wildman–Crippen MR) is 134 cm³/mol. The molecule has 0 N–H and O–H groups in total. The van der Waals surface area contributed by atoms with Crippen molar-refractivity contribution < 1.29 is 17.9 Å². The third kappa shape index (κ3) is 5.08. The van der Waals surface area contributed by atoms with Crippen molar-refractivity contribution in [3.8, 4) is 22.3 Å². The number of rotatable bonds is 7. The molecule has 1 aliphatic rings. The second-order valence-corrected chi connectivity index (χ2v) is 8.78. The topological polar surface area (TPSA) is 12.5 Å². The van der Waals surface area contributed by atoms with Gasteiger partial charge in [-0.2, -0.15) is 0 Å². The summed E-state index contributed by atoms with van der Waals surface area (Å²) in [5, 5.41) is 0. The maximum atomic E-state index is 14.9. The van der Waals surface area contributed by atoms with Gasteiger partial charge in [-0.3, -0.25) is 0 Å². The zero-order valence-corrected chi connectivity index (χ0v) is 19.4. The van der Waals surface area contributed by atoms with Crippen LogP contribution in [0.25, 0.3) is 28.3 Å². The van der Waals surface area contributed by atoms with Crippen LogP contribution in [0.1, 0.15) is 35.3 Å². The van der Waals surface area contributed by atoms with Crippen LogP contribution in [0.2, 0.25) is 0 Å². The number of hydrogen-bond donors (Lipinski definition) is 0. The second kappa shape index (κ2) is 9.93. The predicted octanol–water partition coefficient (Wildman–Crippen LogP) is 8.33. The van der Waals surface area contributed by atoms with Gasteiger partial charge in [0.25, 0.3) is 0 Å². The number of hydrogen-bond acceptors (Lipinski definition) is 1. The molecule has 0 radical (unpaired) electrons. The summed E-state index contributed by atoms with van der Waals surface area (Å²) in [6.07, 6.45) is 4.82. The van der Waals surface area contributed by atoms with Gasteiger partial charge in [-0.1, -0.05) is 84.9 Å². The normalized spacial score (nSPS) is 15.0. The lowest BCUT2D eigenvalue weighted by Gasteiger charge is -2.10. The van der Waals surface area contributed by atoms with Gasteiger partial charge >= 0.3 is 0 Å². The minimum Gasteiger partial charge on any atom is -0.368 e. The lowest BCUT2D eigenvalue weighted by Crippen LogP contribution is -2.00. The van der Waals surface area contributed by atoms with Crippen LogP contribution in [-0.2, 0) is 17.6 Å². The van der Waals surface area contributed by atoms with Crippen LogP contribution in [0, 0.1) is 17.5 Å². The number of ether oxygens (including phenoxy) is 1. The third-order valence-corrected chi connectivity index (χ3v) is 6.39. The molecule has 176 valence electrons. The van der Waals surface area contributed by atoms with Gasteiger partial charge in [0.2, 0.25) is 0 Å². The van der Waals surface area contributed by atoms with E-state index in [0.717, 1.165) is 22.3 Å². The molecule has 0 bridgehead atoms. The van der Waals surface area contributed by atoms with Gasteiger partial charge in [-0.15, -0.1) is 0 Å². The first-order valence-electron chi connectivity index (χ1n) is 11.7. The number of halogens is 3.